The molecule has 2 nitrogen and oxygen atoms in total. The van der Waals surface area contributed by atoms with Crippen LogP contribution in [0.4, 0.5) is 0 Å². The molecule has 1 fully saturated rings. The molecule has 1 saturated carbocycles. The first kappa shape index (κ1) is 10.0. The lowest BCUT2D eigenvalue weighted by atomic mass is 10.2. The largest absolute Gasteiger partial charge is 0.378 e. The van der Waals surface area contributed by atoms with Gasteiger partial charge in [-0.15, -0.1) is 0 Å². The smallest absolute Gasteiger partial charge is 0.0547 e. The molecule has 12 heavy (non-hydrogen) atoms. The SMILES string of the molecule is CC(CCCN)OCCC1CC1. The molecule has 0 aromatic rings. The van der Waals surface area contributed by atoms with Crippen LogP contribution in [0.2, 0.25) is 0 Å². The van der Waals surface area contributed by atoms with Crippen LogP contribution in [-0.4, -0.2) is 19.3 Å². The third-order valence-corrected chi connectivity index (χ3v) is 2.44. The molecule has 1 aliphatic carbocycles. The zero-order valence-corrected chi connectivity index (χ0v) is 8.09. The molecular formula is C10H21NO. The van der Waals surface area contributed by atoms with E-state index in [0.717, 1.165) is 31.9 Å². The highest BCUT2D eigenvalue weighted by Crippen LogP contribution is 2.32. The van der Waals surface area contributed by atoms with Crippen molar-refractivity contribution in [3.63, 3.8) is 0 Å². The molecule has 1 unspecified atom stereocenters. The molecule has 0 aromatic heterocycles. The summed E-state index contributed by atoms with van der Waals surface area (Å²) in [5.74, 6) is 0.992. The lowest BCUT2D eigenvalue weighted by Crippen LogP contribution is -2.12. The second-order valence-corrected chi connectivity index (χ2v) is 3.84. The monoisotopic (exact) mass is 171 g/mol. The van der Waals surface area contributed by atoms with E-state index in [1.807, 2.05) is 0 Å². The second-order valence-electron chi connectivity index (χ2n) is 3.84. The van der Waals surface area contributed by atoms with E-state index in [2.05, 4.69) is 6.92 Å². The van der Waals surface area contributed by atoms with Crippen LogP contribution in [0.15, 0.2) is 0 Å². The maximum absolute atomic E-state index is 5.64. The Morgan fingerprint density at radius 1 is 1.50 bits per heavy atom. The van der Waals surface area contributed by atoms with Gasteiger partial charge in [0.1, 0.15) is 0 Å². The predicted octanol–water partition coefficient (Wildman–Crippen LogP) is 1.93. The highest BCUT2D eigenvalue weighted by atomic mass is 16.5. The summed E-state index contributed by atoms with van der Waals surface area (Å²) in [5.41, 5.74) is 5.41. The summed E-state index contributed by atoms with van der Waals surface area (Å²) in [5, 5.41) is 0. The van der Waals surface area contributed by atoms with Crippen LogP contribution in [0.1, 0.15) is 39.0 Å². The number of hydrogen-bond donors (Lipinski definition) is 1. The summed E-state index contributed by atoms with van der Waals surface area (Å²) in [6.45, 7) is 3.88. The van der Waals surface area contributed by atoms with Crippen LogP contribution < -0.4 is 5.73 Å². The van der Waals surface area contributed by atoms with Crippen LogP contribution in [-0.2, 0) is 4.74 Å². The Kier molecular flexibility index (Phi) is 4.62. The lowest BCUT2D eigenvalue weighted by Gasteiger charge is -2.11. The Hall–Kier alpha value is -0.0800. The van der Waals surface area contributed by atoms with Gasteiger partial charge in [-0.1, -0.05) is 12.8 Å². The van der Waals surface area contributed by atoms with E-state index >= 15 is 0 Å². The minimum atomic E-state index is 0.410. The Labute approximate surface area is 75.5 Å². The summed E-state index contributed by atoms with van der Waals surface area (Å²) in [4.78, 5) is 0. The van der Waals surface area contributed by atoms with E-state index in [0.29, 0.717) is 6.10 Å². The first-order chi connectivity index (χ1) is 5.83. The Balaban J connectivity index is 1.83. The molecule has 2 N–H and O–H groups in total. The van der Waals surface area contributed by atoms with Crippen LogP contribution >= 0.6 is 0 Å². The maximum Gasteiger partial charge on any atom is 0.0547 e. The maximum atomic E-state index is 5.64. The van der Waals surface area contributed by atoms with Gasteiger partial charge < -0.3 is 10.5 Å². The molecule has 0 heterocycles. The normalized spacial score (nSPS) is 19.5. The van der Waals surface area contributed by atoms with Crippen molar-refractivity contribution < 1.29 is 4.74 Å². The molecule has 0 aliphatic heterocycles. The van der Waals surface area contributed by atoms with E-state index in [9.17, 15) is 0 Å². The van der Waals surface area contributed by atoms with Gasteiger partial charge in [-0.3, -0.25) is 0 Å². The number of hydrogen-bond acceptors (Lipinski definition) is 2. The molecule has 1 atom stereocenters. The highest BCUT2D eigenvalue weighted by molar-refractivity contribution is 4.72. The molecule has 2 heteroatoms. The van der Waals surface area contributed by atoms with Crippen molar-refractivity contribution in [1.29, 1.82) is 0 Å². The van der Waals surface area contributed by atoms with Gasteiger partial charge in [0.2, 0.25) is 0 Å². The minimum absolute atomic E-state index is 0.410. The predicted molar refractivity (Wildman–Crippen MR) is 51.0 cm³/mol. The second kappa shape index (κ2) is 5.55. The van der Waals surface area contributed by atoms with Gasteiger partial charge in [-0.25, -0.2) is 0 Å². The van der Waals surface area contributed by atoms with Crippen molar-refractivity contribution >= 4 is 0 Å². The number of rotatable bonds is 7. The first-order valence-corrected chi connectivity index (χ1v) is 5.14. The molecule has 0 amide bonds. The first-order valence-electron chi connectivity index (χ1n) is 5.14. The van der Waals surface area contributed by atoms with Gasteiger partial charge >= 0.3 is 0 Å². The molecule has 0 aromatic carbocycles. The summed E-state index contributed by atoms with van der Waals surface area (Å²) in [6.07, 6.45) is 6.74. The summed E-state index contributed by atoms with van der Waals surface area (Å²) in [6, 6.07) is 0. The van der Waals surface area contributed by atoms with Gasteiger partial charge in [-0.2, -0.15) is 0 Å². The molecule has 1 aliphatic rings. The van der Waals surface area contributed by atoms with Crippen LogP contribution in [0.3, 0.4) is 0 Å². The Bertz CT molecular complexity index is 112. The fraction of sp³-hybridized carbons (Fsp3) is 1.00. The van der Waals surface area contributed by atoms with E-state index in [4.69, 9.17) is 10.5 Å². The molecule has 0 bridgehead atoms. The number of nitrogens with two attached hydrogens (primary N) is 1. The lowest BCUT2D eigenvalue weighted by molar-refractivity contribution is 0.0554. The molecule has 0 spiro atoms. The Morgan fingerprint density at radius 2 is 2.25 bits per heavy atom. The molecular weight excluding hydrogens is 150 g/mol. The van der Waals surface area contributed by atoms with E-state index in [1.54, 1.807) is 0 Å². The summed E-state index contributed by atoms with van der Waals surface area (Å²) >= 11 is 0. The summed E-state index contributed by atoms with van der Waals surface area (Å²) < 4.78 is 5.64. The van der Waals surface area contributed by atoms with Crippen molar-refractivity contribution in [3.8, 4) is 0 Å². The van der Waals surface area contributed by atoms with Gasteiger partial charge in [0.25, 0.3) is 0 Å². The van der Waals surface area contributed by atoms with Gasteiger partial charge in [0.05, 0.1) is 6.10 Å². The fourth-order valence-electron chi connectivity index (χ4n) is 1.33. The zero-order chi connectivity index (χ0) is 8.81. The third-order valence-electron chi connectivity index (χ3n) is 2.44. The average Bonchev–Trinajstić information content (AvgIpc) is 2.84. The molecule has 0 radical (unpaired) electrons. The van der Waals surface area contributed by atoms with Crippen molar-refractivity contribution in [3.05, 3.63) is 0 Å². The molecule has 0 saturated heterocycles. The molecule has 72 valence electrons. The van der Waals surface area contributed by atoms with Crippen LogP contribution in [0.5, 0.6) is 0 Å². The van der Waals surface area contributed by atoms with Crippen molar-refractivity contribution in [2.24, 2.45) is 11.7 Å². The number of ether oxygens (including phenoxy) is 1. The van der Waals surface area contributed by atoms with Crippen molar-refractivity contribution in [2.75, 3.05) is 13.2 Å². The van der Waals surface area contributed by atoms with Crippen molar-refractivity contribution in [1.82, 2.24) is 0 Å². The fourth-order valence-corrected chi connectivity index (χ4v) is 1.33. The van der Waals surface area contributed by atoms with E-state index < -0.39 is 0 Å². The van der Waals surface area contributed by atoms with E-state index in [1.165, 1.54) is 19.3 Å². The van der Waals surface area contributed by atoms with Crippen LogP contribution in [0.25, 0.3) is 0 Å². The van der Waals surface area contributed by atoms with Crippen LogP contribution in [0, 0.1) is 5.92 Å². The zero-order valence-electron chi connectivity index (χ0n) is 8.09. The quantitative estimate of drug-likeness (QED) is 0.635. The highest BCUT2D eigenvalue weighted by Gasteiger charge is 2.20. The van der Waals surface area contributed by atoms with Crippen molar-refractivity contribution in [2.45, 2.75) is 45.1 Å². The summed E-state index contributed by atoms with van der Waals surface area (Å²) in [7, 11) is 0. The van der Waals surface area contributed by atoms with Gasteiger partial charge in [0.15, 0.2) is 0 Å². The van der Waals surface area contributed by atoms with E-state index in [-0.39, 0.29) is 0 Å². The molecule has 1 rings (SSSR count). The standard InChI is InChI=1S/C10H21NO/c1-9(3-2-7-11)12-8-6-10-4-5-10/h9-10H,2-8,11H2,1H3. The van der Waals surface area contributed by atoms with Gasteiger partial charge in [-0.05, 0) is 38.6 Å². The average molecular weight is 171 g/mol. The third kappa shape index (κ3) is 4.73. The topological polar surface area (TPSA) is 35.2 Å². The van der Waals surface area contributed by atoms with Gasteiger partial charge in [0, 0.05) is 6.61 Å². The Morgan fingerprint density at radius 3 is 2.83 bits per heavy atom. The minimum Gasteiger partial charge on any atom is -0.378 e.